The molecule has 0 unspecified atom stereocenters. The number of amides is 1. The zero-order valence-corrected chi connectivity index (χ0v) is 16.5. The van der Waals surface area contributed by atoms with Crippen molar-refractivity contribution in [3.05, 3.63) is 82.5 Å². The maximum atomic E-state index is 14.1. The minimum Gasteiger partial charge on any atom is -0.494 e. The Balaban J connectivity index is 1.58. The van der Waals surface area contributed by atoms with Crippen LogP contribution in [-0.2, 0) is 0 Å². The molecular weight excluding hydrogens is 387 g/mol. The molecule has 1 aliphatic rings. The zero-order chi connectivity index (χ0) is 21.1. The summed E-state index contributed by atoms with van der Waals surface area (Å²) < 4.78 is 20.5. The lowest BCUT2D eigenvalue weighted by Crippen LogP contribution is -2.49. The number of carbonyl (C=O) groups is 1. The Morgan fingerprint density at radius 3 is 2.33 bits per heavy atom. The third-order valence-electron chi connectivity index (χ3n) is 5.08. The quantitative estimate of drug-likeness (QED) is 0.663. The van der Waals surface area contributed by atoms with Crippen molar-refractivity contribution in [3.8, 4) is 11.4 Å². The van der Waals surface area contributed by atoms with Crippen molar-refractivity contribution in [2.45, 2.75) is 0 Å². The van der Waals surface area contributed by atoms with Gasteiger partial charge in [0.15, 0.2) is 11.4 Å². The van der Waals surface area contributed by atoms with Crippen LogP contribution in [0.2, 0.25) is 0 Å². The normalized spacial score (nSPS) is 13.9. The molecule has 1 saturated heterocycles. The number of hydrogen-bond donors (Lipinski definition) is 0. The number of para-hydroxylation sites is 2. The molecule has 7 nitrogen and oxygen atoms in total. The number of nitrogens with zero attached hydrogens (tertiary/aromatic N) is 4. The van der Waals surface area contributed by atoms with Crippen LogP contribution in [0.3, 0.4) is 0 Å². The van der Waals surface area contributed by atoms with Crippen LogP contribution in [0.1, 0.15) is 10.5 Å². The molecule has 1 amide bonds. The van der Waals surface area contributed by atoms with Crippen molar-refractivity contribution in [1.82, 2.24) is 14.7 Å². The van der Waals surface area contributed by atoms with Crippen LogP contribution in [0.15, 0.2) is 65.5 Å². The highest BCUT2D eigenvalue weighted by molar-refractivity contribution is 5.95. The first kappa shape index (κ1) is 19.6. The summed E-state index contributed by atoms with van der Waals surface area (Å²) in [7, 11) is 1.40. The second-order valence-corrected chi connectivity index (χ2v) is 6.88. The topological polar surface area (TPSA) is 67.7 Å². The Morgan fingerprint density at radius 1 is 1.00 bits per heavy atom. The molecular formula is C22H21FN4O3. The molecule has 0 spiro atoms. The van der Waals surface area contributed by atoms with Crippen molar-refractivity contribution in [2.24, 2.45) is 0 Å². The van der Waals surface area contributed by atoms with Gasteiger partial charge in [0.25, 0.3) is 11.5 Å². The van der Waals surface area contributed by atoms with E-state index in [0.717, 1.165) is 0 Å². The fourth-order valence-electron chi connectivity index (χ4n) is 3.51. The fraction of sp³-hybridized carbons (Fsp3) is 0.227. The third kappa shape index (κ3) is 3.76. The van der Waals surface area contributed by atoms with Gasteiger partial charge in [0.1, 0.15) is 5.82 Å². The summed E-state index contributed by atoms with van der Waals surface area (Å²) >= 11 is 0. The average Bonchev–Trinajstić information content (AvgIpc) is 2.79. The van der Waals surface area contributed by atoms with Crippen molar-refractivity contribution in [1.29, 1.82) is 0 Å². The molecule has 30 heavy (non-hydrogen) atoms. The van der Waals surface area contributed by atoms with Crippen molar-refractivity contribution in [3.63, 3.8) is 0 Å². The Morgan fingerprint density at radius 2 is 1.67 bits per heavy atom. The first-order valence-corrected chi connectivity index (χ1v) is 9.61. The standard InChI is InChI=1S/C22H21FN4O3/c1-30-19-15-20(28)27(16-7-3-2-4-8-16)24-21(19)22(29)26-13-11-25(12-14-26)18-10-6-5-9-17(18)23/h2-10,15H,11-14H2,1H3. The van der Waals surface area contributed by atoms with Gasteiger partial charge in [0, 0.05) is 26.2 Å². The molecule has 0 atom stereocenters. The van der Waals surface area contributed by atoms with E-state index in [2.05, 4.69) is 5.10 Å². The fourth-order valence-corrected chi connectivity index (χ4v) is 3.51. The number of halogens is 1. The van der Waals surface area contributed by atoms with E-state index in [9.17, 15) is 14.0 Å². The van der Waals surface area contributed by atoms with Crippen LogP contribution in [0.4, 0.5) is 10.1 Å². The molecule has 0 saturated carbocycles. The minimum absolute atomic E-state index is 0.0697. The number of piperazine rings is 1. The lowest BCUT2D eigenvalue weighted by atomic mass is 10.2. The number of benzene rings is 2. The number of carbonyl (C=O) groups excluding carboxylic acids is 1. The van der Waals surface area contributed by atoms with Gasteiger partial charge in [-0.15, -0.1) is 0 Å². The van der Waals surface area contributed by atoms with Crippen LogP contribution in [0.5, 0.6) is 5.75 Å². The molecule has 0 N–H and O–H groups in total. The number of methoxy groups -OCH3 is 1. The minimum atomic E-state index is -0.390. The van der Waals surface area contributed by atoms with Gasteiger partial charge >= 0.3 is 0 Å². The van der Waals surface area contributed by atoms with E-state index in [1.807, 2.05) is 11.0 Å². The summed E-state index contributed by atoms with van der Waals surface area (Å²) in [5, 5.41) is 4.29. The van der Waals surface area contributed by atoms with Crippen LogP contribution in [0, 0.1) is 5.82 Å². The Bertz CT molecular complexity index is 1110. The van der Waals surface area contributed by atoms with Crippen LogP contribution >= 0.6 is 0 Å². The van der Waals surface area contributed by atoms with Gasteiger partial charge in [-0.2, -0.15) is 9.78 Å². The lowest BCUT2D eigenvalue weighted by molar-refractivity contribution is 0.0734. The largest absolute Gasteiger partial charge is 0.494 e. The van der Waals surface area contributed by atoms with Gasteiger partial charge in [-0.05, 0) is 24.3 Å². The van der Waals surface area contributed by atoms with E-state index in [1.165, 1.54) is 23.9 Å². The monoisotopic (exact) mass is 408 g/mol. The first-order valence-electron chi connectivity index (χ1n) is 9.61. The SMILES string of the molecule is COc1cc(=O)n(-c2ccccc2)nc1C(=O)N1CCN(c2ccccc2F)CC1. The van der Waals surface area contributed by atoms with Gasteiger partial charge in [-0.25, -0.2) is 4.39 Å². The van der Waals surface area contributed by atoms with Crippen LogP contribution in [-0.4, -0.2) is 53.9 Å². The van der Waals surface area contributed by atoms with E-state index in [4.69, 9.17) is 4.74 Å². The second kappa shape index (κ2) is 8.36. The summed E-state index contributed by atoms with van der Waals surface area (Å²) in [5.74, 6) is -0.478. The summed E-state index contributed by atoms with van der Waals surface area (Å²) in [6.07, 6.45) is 0. The van der Waals surface area contributed by atoms with Gasteiger partial charge < -0.3 is 14.5 Å². The highest BCUT2D eigenvalue weighted by Crippen LogP contribution is 2.22. The van der Waals surface area contributed by atoms with Crippen LogP contribution < -0.4 is 15.2 Å². The molecule has 1 aromatic heterocycles. The maximum absolute atomic E-state index is 14.1. The number of rotatable bonds is 4. The summed E-state index contributed by atoms with van der Waals surface area (Å²) in [6.45, 7) is 1.80. The van der Waals surface area contributed by atoms with Crippen LogP contribution in [0.25, 0.3) is 5.69 Å². The average molecular weight is 408 g/mol. The first-order chi connectivity index (χ1) is 14.6. The summed E-state index contributed by atoms with van der Waals surface area (Å²) in [5.41, 5.74) is 0.765. The molecule has 0 bridgehead atoms. The zero-order valence-electron chi connectivity index (χ0n) is 16.5. The predicted molar refractivity (Wildman–Crippen MR) is 111 cm³/mol. The smallest absolute Gasteiger partial charge is 0.278 e. The highest BCUT2D eigenvalue weighted by Gasteiger charge is 2.27. The molecule has 8 heteroatoms. The van der Waals surface area contributed by atoms with Gasteiger partial charge in [-0.1, -0.05) is 30.3 Å². The highest BCUT2D eigenvalue weighted by atomic mass is 19.1. The van der Waals surface area contributed by atoms with Crippen molar-refractivity contribution < 1.29 is 13.9 Å². The molecule has 2 aromatic carbocycles. The predicted octanol–water partition coefficient (Wildman–Crippen LogP) is 2.34. The lowest BCUT2D eigenvalue weighted by Gasteiger charge is -2.36. The number of anilines is 1. The Kier molecular flexibility index (Phi) is 5.47. The molecule has 3 aromatic rings. The van der Waals surface area contributed by atoms with Gasteiger partial charge in [0.05, 0.1) is 24.6 Å². The maximum Gasteiger partial charge on any atom is 0.278 e. The molecule has 0 aliphatic carbocycles. The molecule has 1 aliphatic heterocycles. The van der Waals surface area contributed by atoms with E-state index < -0.39 is 0 Å². The van der Waals surface area contributed by atoms with E-state index >= 15 is 0 Å². The number of aromatic nitrogens is 2. The Labute approximate surface area is 172 Å². The molecule has 154 valence electrons. The van der Waals surface area contributed by atoms with Crippen molar-refractivity contribution >= 4 is 11.6 Å². The second-order valence-electron chi connectivity index (χ2n) is 6.88. The molecule has 0 radical (unpaired) electrons. The molecule has 4 rings (SSSR count). The third-order valence-corrected chi connectivity index (χ3v) is 5.08. The summed E-state index contributed by atoms with van der Waals surface area (Å²) in [6, 6.07) is 16.7. The van der Waals surface area contributed by atoms with E-state index in [0.29, 0.717) is 37.6 Å². The molecule has 2 heterocycles. The number of ether oxygens (including phenoxy) is 1. The summed E-state index contributed by atoms with van der Waals surface area (Å²) in [4.78, 5) is 29.1. The van der Waals surface area contributed by atoms with Crippen molar-refractivity contribution in [2.75, 3.05) is 38.2 Å². The van der Waals surface area contributed by atoms with Gasteiger partial charge in [0.2, 0.25) is 0 Å². The Hall–Kier alpha value is -3.68. The van der Waals surface area contributed by atoms with Gasteiger partial charge in [-0.3, -0.25) is 9.59 Å². The van der Waals surface area contributed by atoms with E-state index in [-0.39, 0.29) is 28.7 Å². The molecule has 1 fully saturated rings. The number of hydrogen-bond acceptors (Lipinski definition) is 5. The van der Waals surface area contributed by atoms with E-state index in [1.54, 1.807) is 47.4 Å².